The minimum atomic E-state index is -0.253. The molecular weight excluding hydrogens is 342 g/mol. The summed E-state index contributed by atoms with van der Waals surface area (Å²) < 4.78 is 1.47. The molecule has 0 bridgehead atoms. The molecule has 0 saturated heterocycles. The number of carbonyl (C=O) groups excluding carboxylic acids is 1. The number of rotatable bonds is 5. The van der Waals surface area contributed by atoms with Crippen LogP contribution in [0.25, 0.3) is 21.9 Å². The molecule has 7 nitrogen and oxygen atoms in total. The molecule has 0 aliphatic rings. The number of para-hydroxylation sites is 3. The van der Waals surface area contributed by atoms with Gasteiger partial charge in [0.2, 0.25) is 5.91 Å². The van der Waals surface area contributed by atoms with E-state index in [1.165, 1.54) is 10.9 Å². The average Bonchev–Trinajstić information content (AvgIpc) is 3.12. The van der Waals surface area contributed by atoms with Crippen molar-refractivity contribution in [1.82, 2.24) is 24.8 Å². The second-order valence-electron chi connectivity index (χ2n) is 6.44. The molecule has 2 heterocycles. The van der Waals surface area contributed by atoms with E-state index in [0.29, 0.717) is 16.7 Å². The van der Waals surface area contributed by atoms with Crippen LogP contribution in [-0.2, 0) is 11.3 Å². The number of aryl methyl sites for hydroxylation is 1. The first kappa shape index (κ1) is 17.0. The van der Waals surface area contributed by atoms with Gasteiger partial charge in [-0.15, -0.1) is 0 Å². The van der Waals surface area contributed by atoms with Gasteiger partial charge in [0.05, 0.1) is 34.3 Å². The molecule has 2 aromatic heterocycles. The van der Waals surface area contributed by atoms with E-state index in [9.17, 15) is 9.59 Å². The summed E-state index contributed by atoms with van der Waals surface area (Å²) in [6, 6.07) is 14.6. The van der Waals surface area contributed by atoms with E-state index in [2.05, 4.69) is 20.3 Å². The Balaban J connectivity index is 1.42. The monoisotopic (exact) mass is 361 g/mol. The molecule has 0 fully saturated rings. The lowest BCUT2D eigenvalue weighted by atomic mass is 10.2. The van der Waals surface area contributed by atoms with Crippen molar-refractivity contribution in [2.75, 3.05) is 0 Å². The molecule has 1 amide bonds. The number of H-pyrrole nitrogens is 1. The zero-order valence-corrected chi connectivity index (χ0v) is 14.8. The summed E-state index contributed by atoms with van der Waals surface area (Å²) in [5.41, 5.74) is 2.31. The zero-order valence-electron chi connectivity index (χ0n) is 14.8. The van der Waals surface area contributed by atoms with E-state index < -0.39 is 0 Å². The molecular formula is C20H19N5O2. The van der Waals surface area contributed by atoms with E-state index in [4.69, 9.17) is 0 Å². The third-order valence-corrected chi connectivity index (χ3v) is 4.51. The average molecular weight is 361 g/mol. The minimum Gasteiger partial charge on any atom is -0.346 e. The first-order valence-electron chi connectivity index (χ1n) is 8.80. The molecule has 4 rings (SSSR count). The molecule has 0 radical (unpaired) electrons. The summed E-state index contributed by atoms with van der Waals surface area (Å²) in [5, 5.41) is 3.47. The van der Waals surface area contributed by atoms with Crippen LogP contribution in [0.3, 0.4) is 0 Å². The molecule has 0 spiro atoms. The highest BCUT2D eigenvalue weighted by atomic mass is 16.2. The quantitative estimate of drug-likeness (QED) is 0.571. The standard InChI is InChI=1S/C20H19N5O2/c1-13(19-23-16-8-4-5-9-17(16)24-19)22-18(26)10-11-25-12-21-15-7-3-2-6-14(15)20(25)27/h2-9,12-13H,10-11H2,1H3,(H,22,26)(H,23,24)/t13-/m1/s1. The van der Waals surface area contributed by atoms with Gasteiger partial charge in [-0.25, -0.2) is 9.97 Å². The van der Waals surface area contributed by atoms with Crippen molar-refractivity contribution in [1.29, 1.82) is 0 Å². The summed E-state index contributed by atoms with van der Waals surface area (Å²) in [6.45, 7) is 2.15. The van der Waals surface area contributed by atoms with Gasteiger partial charge < -0.3 is 10.3 Å². The van der Waals surface area contributed by atoms with Crippen LogP contribution in [-0.4, -0.2) is 25.4 Å². The number of amides is 1. The summed E-state index contributed by atoms with van der Waals surface area (Å²) in [5.74, 6) is 0.553. The fourth-order valence-corrected chi connectivity index (χ4v) is 3.05. The molecule has 0 aliphatic carbocycles. The number of fused-ring (bicyclic) bond motifs is 2. The van der Waals surface area contributed by atoms with Gasteiger partial charge in [-0.2, -0.15) is 0 Å². The lowest BCUT2D eigenvalue weighted by Gasteiger charge is -2.12. The van der Waals surface area contributed by atoms with Crippen LogP contribution in [0.1, 0.15) is 25.2 Å². The number of carbonyl (C=O) groups is 1. The van der Waals surface area contributed by atoms with Crippen LogP contribution in [0.2, 0.25) is 0 Å². The molecule has 4 aromatic rings. The smallest absolute Gasteiger partial charge is 0.261 e. The Morgan fingerprint density at radius 2 is 1.89 bits per heavy atom. The van der Waals surface area contributed by atoms with Gasteiger partial charge in [0.25, 0.3) is 5.56 Å². The van der Waals surface area contributed by atoms with Gasteiger partial charge in [-0.3, -0.25) is 14.2 Å². The summed E-state index contributed by atoms with van der Waals surface area (Å²) in [4.78, 5) is 36.7. The summed E-state index contributed by atoms with van der Waals surface area (Å²) in [7, 11) is 0. The highest BCUT2D eigenvalue weighted by Crippen LogP contribution is 2.15. The fourth-order valence-electron chi connectivity index (χ4n) is 3.05. The van der Waals surface area contributed by atoms with Crippen LogP contribution in [0.15, 0.2) is 59.7 Å². The Bertz CT molecular complexity index is 1140. The normalized spacial score (nSPS) is 12.3. The Labute approximate surface area is 155 Å². The second kappa shape index (κ2) is 7.03. The van der Waals surface area contributed by atoms with Gasteiger partial charge in [-0.05, 0) is 31.2 Å². The van der Waals surface area contributed by atoms with Gasteiger partial charge in [0.15, 0.2) is 0 Å². The Kier molecular flexibility index (Phi) is 4.42. The lowest BCUT2D eigenvalue weighted by Crippen LogP contribution is -2.30. The highest BCUT2D eigenvalue weighted by molar-refractivity contribution is 5.78. The largest absolute Gasteiger partial charge is 0.346 e. The summed E-state index contributed by atoms with van der Waals surface area (Å²) in [6.07, 6.45) is 1.67. The molecule has 7 heteroatoms. The number of aromatic amines is 1. The van der Waals surface area contributed by atoms with E-state index >= 15 is 0 Å². The lowest BCUT2D eigenvalue weighted by molar-refractivity contribution is -0.122. The number of benzene rings is 2. The number of nitrogens with zero attached hydrogens (tertiary/aromatic N) is 3. The first-order chi connectivity index (χ1) is 13.1. The second-order valence-corrected chi connectivity index (χ2v) is 6.44. The van der Waals surface area contributed by atoms with Crippen LogP contribution >= 0.6 is 0 Å². The molecule has 27 heavy (non-hydrogen) atoms. The third-order valence-electron chi connectivity index (χ3n) is 4.51. The maximum atomic E-state index is 12.5. The molecule has 2 N–H and O–H groups in total. The van der Waals surface area contributed by atoms with E-state index in [0.717, 1.165) is 11.0 Å². The van der Waals surface area contributed by atoms with Crippen molar-refractivity contribution in [3.8, 4) is 0 Å². The number of aromatic nitrogens is 4. The predicted octanol–water partition coefficient (Wildman–Crippen LogP) is 2.54. The van der Waals surface area contributed by atoms with E-state index in [1.54, 1.807) is 18.2 Å². The molecule has 2 aromatic carbocycles. The van der Waals surface area contributed by atoms with Crippen LogP contribution in [0, 0.1) is 0 Å². The molecule has 0 unspecified atom stereocenters. The Morgan fingerprint density at radius 1 is 1.15 bits per heavy atom. The van der Waals surface area contributed by atoms with Crippen molar-refractivity contribution < 1.29 is 4.79 Å². The number of imidazole rings is 1. The van der Waals surface area contributed by atoms with Gasteiger partial charge in [0, 0.05) is 13.0 Å². The highest BCUT2D eigenvalue weighted by Gasteiger charge is 2.14. The number of hydrogen-bond donors (Lipinski definition) is 2. The van der Waals surface area contributed by atoms with Gasteiger partial charge in [0.1, 0.15) is 5.82 Å². The minimum absolute atomic E-state index is 0.140. The maximum absolute atomic E-state index is 12.5. The molecule has 0 aliphatic heterocycles. The number of nitrogens with one attached hydrogen (secondary N) is 2. The van der Waals surface area contributed by atoms with Crippen molar-refractivity contribution >= 4 is 27.8 Å². The van der Waals surface area contributed by atoms with Crippen LogP contribution < -0.4 is 10.9 Å². The van der Waals surface area contributed by atoms with Crippen molar-refractivity contribution in [3.05, 3.63) is 71.0 Å². The maximum Gasteiger partial charge on any atom is 0.261 e. The van der Waals surface area contributed by atoms with Gasteiger partial charge in [-0.1, -0.05) is 24.3 Å². The first-order valence-corrected chi connectivity index (χ1v) is 8.80. The zero-order chi connectivity index (χ0) is 18.8. The van der Waals surface area contributed by atoms with E-state index in [-0.39, 0.29) is 30.5 Å². The predicted molar refractivity (Wildman–Crippen MR) is 103 cm³/mol. The van der Waals surface area contributed by atoms with Crippen molar-refractivity contribution in [2.45, 2.75) is 25.9 Å². The van der Waals surface area contributed by atoms with Crippen LogP contribution in [0.5, 0.6) is 0 Å². The van der Waals surface area contributed by atoms with Crippen molar-refractivity contribution in [3.63, 3.8) is 0 Å². The Hall–Kier alpha value is -3.48. The fraction of sp³-hybridized carbons (Fsp3) is 0.200. The van der Waals surface area contributed by atoms with Gasteiger partial charge >= 0.3 is 0 Å². The van der Waals surface area contributed by atoms with E-state index in [1.807, 2.05) is 37.3 Å². The van der Waals surface area contributed by atoms with Crippen LogP contribution in [0.4, 0.5) is 0 Å². The number of hydrogen-bond acceptors (Lipinski definition) is 4. The summed E-state index contributed by atoms with van der Waals surface area (Å²) >= 11 is 0. The molecule has 0 saturated carbocycles. The topological polar surface area (TPSA) is 92.7 Å². The SMILES string of the molecule is C[C@@H](NC(=O)CCn1cnc2ccccc2c1=O)c1nc2ccccc2[nH]1. The van der Waals surface area contributed by atoms with Crippen molar-refractivity contribution in [2.24, 2.45) is 0 Å². The Morgan fingerprint density at radius 3 is 2.70 bits per heavy atom. The molecule has 1 atom stereocenters. The molecule has 136 valence electrons. The third kappa shape index (κ3) is 3.44.